The molecule has 8 heteroatoms. The third kappa shape index (κ3) is 9.71. The van der Waals surface area contributed by atoms with Gasteiger partial charge >= 0.3 is 11.9 Å². The first-order valence-corrected chi connectivity index (χ1v) is 15.1. The molecule has 1 heterocycles. The zero-order valence-corrected chi connectivity index (χ0v) is 26.6. The summed E-state index contributed by atoms with van der Waals surface area (Å²) < 4.78 is 16.9. The van der Waals surface area contributed by atoms with Gasteiger partial charge in [0.05, 0.1) is 6.61 Å². The molecule has 3 rings (SSSR count). The van der Waals surface area contributed by atoms with Gasteiger partial charge in [0.2, 0.25) is 0 Å². The molecule has 1 aliphatic rings. The number of carbonyl (C=O) groups is 2. The first-order chi connectivity index (χ1) is 19.8. The van der Waals surface area contributed by atoms with Crippen LogP contribution in [0, 0.1) is 5.92 Å². The highest BCUT2D eigenvalue weighted by atomic mass is 16.7. The van der Waals surface area contributed by atoms with Gasteiger partial charge < -0.3 is 29.7 Å². The van der Waals surface area contributed by atoms with Crippen molar-refractivity contribution in [3.8, 4) is 5.75 Å². The Morgan fingerprint density at radius 3 is 2.14 bits per heavy atom. The van der Waals surface area contributed by atoms with Crippen molar-refractivity contribution in [1.82, 2.24) is 5.32 Å². The van der Waals surface area contributed by atoms with Gasteiger partial charge in [-0.2, -0.15) is 0 Å². The monoisotopic (exact) mass is 579 g/mol. The van der Waals surface area contributed by atoms with Crippen LogP contribution < -0.4 is 20.3 Å². The van der Waals surface area contributed by atoms with Crippen LogP contribution in [0.4, 0.5) is 11.4 Å². The molecule has 2 aromatic rings. The van der Waals surface area contributed by atoms with E-state index in [1.807, 2.05) is 55.4 Å². The summed E-state index contributed by atoms with van der Waals surface area (Å²) in [5.41, 5.74) is 2.19. The number of esters is 2. The number of benzene rings is 2. The smallest absolute Gasteiger partial charge is 0.352 e. The third-order valence-corrected chi connectivity index (χ3v) is 7.23. The quantitative estimate of drug-likeness (QED) is 0.103. The van der Waals surface area contributed by atoms with Crippen molar-refractivity contribution < 1.29 is 23.8 Å². The van der Waals surface area contributed by atoms with Gasteiger partial charge in [-0.05, 0) is 74.1 Å². The van der Waals surface area contributed by atoms with Crippen molar-refractivity contribution in [1.29, 1.82) is 0 Å². The molecule has 0 aliphatic carbocycles. The third-order valence-electron chi connectivity index (χ3n) is 7.23. The van der Waals surface area contributed by atoms with Gasteiger partial charge in [0.25, 0.3) is 5.79 Å². The highest BCUT2D eigenvalue weighted by Crippen LogP contribution is 2.29. The van der Waals surface area contributed by atoms with Gasteiger partial charge in [-0.3, -0.25) is 0 Å². The highest BCUT2D eigenvalue weighted by Gasteiger charge is 2.42. The molecule has 0 bridgehead atoms. The van der Waals surface area contributed by atoms with E-state index in [2.05, 4.69) is 50.5 Å². The Balaban J connectivity index is 1.94. The molecule has 2 N–H and O–H groups in total. The van der Waals surface area contributed by atoms with Crippen LogP contribution >= 0.6 is 0 Å². The molecule has 0 amide bonds. The fourth-order valence-corrected chi connectivity index (χ4v) is 4.83. The topological polar surface area (TPSA) is 89.1 Å². The van der Waals surface area contributed by atoms with Crippen LogP contribution in [0.1, 0.15) is 79.2 Å². The molecule has 1 unspecified atom stereocenters. The van der Waals surface area contributed by atoms with Gasteiger partial charge in [0.1, 0.15) is 11.6 Å². The van der Waals surface area contributed by atoms with Gasteiger partial charge in [-0.15, -0.1) is 0 Å². The summed E-state index contributed by atoms with van der Waals surface area (Å²) >= 11 is 0. The first-order valence-electron chi connectivity index (χ1n) is 15.1. The normalized spacial score (nSPS) is 15.9. The van der Waals surface area contributed by atoms with Gasteiger partial charge in [-0.1, -0.05) is 52.2 Å². The molecular weight excluding hydrogens is 530 g/mol. The van der Waals surface area contributed by atoms with Crippen LogP contribution in [-0.2, 0) is 25.5 Å². The van der Waals surface area contributed by atoms with Gasteiger partial charge in [0.15, 0.2) is 5.57 Å². The maximum atomic E-state index is 13.2. The lowest BCUT2D eigenvalue weighted by atomic mass is 9.87. The van der Waals surface area contributed by atoms with E-state index in [0.717, 1.165) is 54.8 Å². The summed E-state index contributed by atoms with van der Waals surface area (Å²) in [6.07, 6.45) is 5.63. The molecule has 1 fully saturated rings. The number of hydrogen-bond donors (Lipinski definition) is 2. The lowest BCUT2D eigenvalue weighted by Gasteiger charge is -2.36. The van der Waals surface area contributed by atoms with Crippen LogP contribution in [0.15, 0.2) is 59.9 Å². The zero-order valence-electron chi connectivity index (χ0n) is 26.6. The molecule has 0 aromatic heterocycles. The number of cyclic esters (lactones) is 2. The molecule has 0 radical (unpaired) electrons. The van der Waals surface area contributed by atoms with Crippen LogP contribution in [-0.4, -0.2) is 44.0 Å². The summed E-state index contributed by atoms with van der Waals surface area (Å²) in [7, 11) is 3.94. The molecular formula is C34H49N3O5. The second-order valence-corrected chi connectivity index (χ2v) is 12.5. The molecule has 0 saturated carbocycles. The molecule has 1 atom stereocenters. The Kier molecular flexibility index (Phi) is 11.3. The van der Waals surface area contributed by atoms with Crippen LogP contribution in [0.3, 0.4) is 0 Å². The highest BCUT2D eigenvalue weighted by molar-refractivity contribution is 6.16. The molecule has 2 aromatic carbocycles. The van der Waals surface area contributed by atoms with E-state index in [1.165, 1.54) is 0 Å². The Morgan fingerprint density at radius 2 is 1.60 bits per heavy atom. The molecule has 230 valence electrons. The summed E-state index contributed by atoms with van der Waals surface area (Å²) in [6.45, 7) is 12.4. The Morgan fingerprint density at radius 1 is 0.976 bits per heavy atom. The van der Waals surface area contributed by atoms with Crippen molar-refractivity contribution in [3.63, 3.8) is 0 Å². The fraction of sp³-hybridized carbons (Fsp3) is 0.529. The van der Waals surface area contributed by atoms with Gasteiger partial charge in [0, 0.05) is 44.9 Å². The summed E-state index contributed by atoms with van der Waals surface area (Å²) in [6, 6.07) is 15.9. The minimum absolute atomic E-state index is 0.179. The maximum Gasteiger partial charge on any atom is 0.352 e. The van der Waals surface area contributed by atoms with Gasteiger partial charge in [-0.25, -0.2) is 9.59 Å². The Hall–Kier alpha value is -3.68. The van der Waals surface area contributed by atoms with E-state index in [1.54, 1.807) is 13.8 Å². The SMILES string of the molecule is CCCCCC(C)(Cc1ccc(OCCC(C)C)cc1)NC(Nc1ccc(N(C)C)cc1)=C1C(=O)OC(C)(C)OC1=O. The number of hydrogen-bond acceptors (Lipinski definition) is 8. The second kappa shape index (κ2) is 14.5. The van der Waals surface area contributed by atoms with E-state index in [9.17, 15) is 9.59 Å². The first kappa shape index (κ1) is 32.8. The lowest BCUT2D eigenvalue weighted by molar-refractivity contribution is -0.222. The fourth-order valence-electron chi connectivity index (χ4n) is 4.83. The van der Waals surface area contributed by atoms with Crippen molar-refractivity contribution in [3.05, 3.63) is 65.5 Å². The van der Waals surface area contributed by atoms with Crippen LogP contribution in [0.25, 0.3) is 0 Å². The van der Waals surface area contributed by atoms with E-state index in [-0.39, 0.29) is 11.4 Å². The minimum Gasteiger partial charge on any atom is -0.494 e. The van der Waals surface area contributed by atoms with Crippen LogP contribution in [0.2, 0.25) is 0 Å². The van der Waals surface area contributed by atoms with E-state index < -0.39 is 23.3 Å². The second-order valence-electron chi connectivity index (χ2n) is 12.5. The van der Waals surface area contributed by atoms with Crippen molar-refractivity contribution in [2.75, 3.05) is 30.9 Å². The Bertz CT molecular complexity index is 1200. The predicted octanol–water partition coefficient (Wildman–Crippen LogP) is 6.81. The largest absolute Gasteiger partial charge is 0.494 e. The number of unbranched alkanes of at least 4 members (excludes halogenated alkanes) is 2. The molecule has 0 spiro atoms. The summed E-state index contributed by atoms with van der Waals surface area (Å²) in [5, 5.41) is 6.87. The Labute approximate surface area is 251 Å². The number of anilines is 2. The van der Waals surface area contributed by atoms with Crippen molar-refractivity contribution in [2.45, 2.75) is 91.4 Å². The molecule has 1 saturated heterocycles. The summed E-state index contributed by atoms with van der Waals surface area (Å²) in [5.74, 6) is -1.08. The lowest BCUT2D eigenvalue weighted by Crippen LogP contribution is -2.49. The zero-order chi connectivity index (χ0) is 30.9. The number of nitrogens with zero attached hydrogens (tertiary/aromatic N) is 1. The van der Waals surface area contributed by atoms with E-state index in [0.29, 0.717) is 18.9 Å². The van der Waals surface area contributed by atoms with E-state index in [4.69, 9.17) is 14.2 Å². The predicted molar refractivity (Wildman–Crippen MR) is 168 cm³/mol. The molecule has 42 heavy (non-hydrogen) atoms. The average Bonchev–Trinajstić information content (AvgIpc) is 2.89. The maximum absolute atomic E-state index is 13.2. The van der Waals surface area contributed by atoms with Crippen LogP contribution in [0.5, 0.6) is 5.75 Å². The number of carbonyl (C=O) groups excluding carboxylic acids is 2. The van der Waals surface area contributed by atoms with Crippen molar-refractivity contribution in [2.24, 2.45) is 5.92 Å². The number of ether oxygens (including phenoxy) is 3. The minimum atomic E-state index is -1.33. The van der Waals surface area contributed by atoms with Crippen molar-refractivity contribution >= 4 is 23.3 Å². The van der Waals surface area contributed by atoms with E-state index >= 15 is 0 Å². The number of nitrogens with one attached hydrogen (secondary N) is 2. The standard InChI is InChI=1S/C34H49N3O5/c1-9-10-11-21-34(6,23-25-12-18-28(19-13-25)40-22-20-24(2)3)36-30(29-31(38)41-33(4,5)42-32(29)39)35-26-14-16-27(17-15-26)37(7)8/h12-19,24,35-36H,9-11,20-23H2,1-8H3. The average molecular weight is 580 g/mol. The summed E-state index contributed by atoms with van der Waals surface area (Å²) in [4.78, 5) is 28.4. The molecule has 1 aliphatic heterocycles. The molecule has 8 nitrogen and oxygen atoms in total. The number of rotatable bonds is 15.